The number of aliphatic hydroxyl groups is 1. The Labute approximate surface area is 92.3 Å². The van der Waals surface area contributed by atoms with E-state index < -0.39 is 10.7 Å². The Morgan fingerprint density at radius 3 is 2.75 bits per heavy atom. The van der Waals surface area contributed by atoms with E-state index in [9.17, 15) is 14.5 Å². The number of nitrogens with zero attached hydrogens (tertiary/aromatic N) is 2. The zero-order valence-electron chi connectivity index (χ0n) is 9.05. The van der Waals surface area contributed by atoms with Crippen LogP contribution in [0.5, 0.6) is 0 Å². The van der Waals surface area contributed by atoms with E-state index in [0.717, 1.165) is 18.2 Å². The van der Waals surface area contributed by atoms with Crippen LogP contribution in [0.4, 0.5) is 15.8 Å². The van der Waals surface area contributed by atoms with Gasteiger partial charge in [0.15, 0.2) is 0 Å². The van der Waals surface area contributed by atoms with Crippen molar-refractivity contribution in [3.8, 4) is 0 Å². The molecule has 1 aromatic rings. The first kappa shape index (κ1) is 12.4. The smallest absolute Gasteiger partial charge is 0.292 e. The topological polar surface area (TPSA) is 66.6 Å². The molecule has 0 aromatic heterocycles. The second kappa shape index (κ2) is 4.89. The number of rotatable bonds is 4. The molecule has 0 amide bonds. The number of nitro benzene ring substituents is 1. The lowest BCUT2D eigenvalue weighted by Gasteiger charge is -2.24. The molecule has 0 saturated carbocycles. The second-order valence-corrected chi connectivity index (χ2v) is 3.53. The Kier molecular flexibility index (Phi) is 3.78. The van der Waals surface area contributed by atoms with Gasteiger partial charge < -0.3 is 10.0 Å². The molecular weight excluding hydrogens is 215 g/mol. The van der Waals surface area contributed by atoms with Crippen LogP contribution in [-0.4, -0.2) is 29.7 Å². The monoisotopic (exact) mass is 228 g/mol. The van der Waals surface area contributed by atoms with Crippen LogP contribution in [0.2, 0.25) is 0 Å². The van der Waals surface area contributed by atoms with Gasteiger partial charge in [0.1, 0.15) is 11.5 Å². The van der Waals surface area contributed by atoms with Gasteiger partial charge in [-0.2, -0.15) is 0 Å². The molecule has 1 aromatic carbocycles. The van der Waals surface area contributed by atoms with Gasteiger partial charge >= 0.3 is 0 Å². The molecule has 0 spiro atoms. The van der Waals surface area contributed by atoms with Crippen LogP contribution in [0.3, 0.4) is 0 Å². The number of nitro groups is 1. The Bertz CT molecular complexity index is 398. The highest BCUT2D eigenvalue weighted by atomic mass is 19.1. The summed E-state index contributed by atoms with van der Waals surface area (Å²) in [4.78, 5) is 11.6. The lowest BCUT2D eigenvalue weighted by Crippen LogP contribution is -2.32. The van der Waals surface area contributed by atoms with Crippen molar-refractivity contribution in [2.75, 3.05) is 18.6 Å². The molecule has 1 unspecified atom stereocenters. The molecule has 88 valence electrons. The van der Waals surface area contributed by atoms with Crippen molar-refractivity contribution in [3.63, 3.8) is 0 Å². The third kappa shape index (κ3) is 2.46. The van der Waals surface area contributed by atoms with Crippen molar-refractivity contribution in [2.24, 2.45) is 0 Å². The summed E-state index contributed by atoms with van der Waals surface area (Å²) in [7, 11) is 1.57. The van der Waals surface area contributed by atoms with Crippen LogP contribution in [0, 0.1) is 15.9 Å². The molecule has 0 saturated heterocycles. The maximum atomic E-state index is 13.0. The summed E-state index contributed by atoms with van der Waals surface area (Å²) in [5.74, 6) is -0.544. The molecule has 0 fully saturated rings. The predicted molar refractivity (Wildman–Crippen MR) is 58.0 cm³/mol. The van der Waals surface area contributed by atoms with Crippen molar-refractivity contribution in [1.29, 1.82) is 0 Å². The quantitative estimate of drug-likeness (QED) is 0.627. The molecular formula is C10H13FN2O3. The molecule has 1 atom stereocenters. The van der Waals surface area contributed by atoms with Crippen molar-refractivity contribution in [3.05, 3.63) is 34.1 Å². The summed E-state index contributed by atoms with van der Waals surface area (Å²) >= 11 is 0. The summed E-state index contributed by atoms with van der Waals surface area (Å²) in [6.07, 6.45) is 0. The fraction of sp³-hybridized carbons (Fsp3) is 0.400. The molecule has 0 aliphatic heterocycles. The number of hydrogen-bond acceptors (Lipinski definition) is 4. The Morgan fingerprint density at radius 1 is 1.62 bits per heavy atom. The number of aliphatic hydroxyl groups excluding tert-OH is 1. The minimum Gasteiger partial charge on any atom is -0.394 e. The van der Waals surface area contributed by atoms with E-state index in [0.29, 0.717) is 0 Å². The first-order valence-electron chi connectivity index (χ1n) is 4.75. The van der Waals surface area contributed by atoms with Crippen LogP contribution < -0.4 is 4.90 Å². The molecule has 0 aliphatic rings. The Balaban J connectivity index is 3.19. The lowest BCUT2D eigenvalue weighted by atomic mass is 10.2. The maximum Gasteiger partial charge on any atom is 0.292 e. The molecule has 6 heteroatoms. The highest BCUT2D eigenvalue weighted by Gasteiger charge is 2.20. The second-order valence-electron chi connectivity index (χ2n) is 3.53. The van der Waals surface area contributed by atoms with Crippen molar-refractivity contribution >= 4 is 11.4 Å². The molecule has 16 heavy (non-hydrogen) atoms. The minimum atomic E-state index is -0.574. The highest BCUT2D eigenvalue weighted by molar-refractivity contribution is 5.63. The van der Waals surface area contributed by atoms with Gasteiger partial charge in [0, 0.05) is 25.2 Å². The summed E-state index contributed by atoms with van der Waals surface area (Å²) < 4.78 is 13.0. The number of hydrogen-bond donors (Lipinski definition) is 1. The molecule has 0 bridgehead atoms. The van der Waals surface area contributed by atoms with Gasteiger partial charge in [-0.05, 0) is 13.0 Å². The molecule has 0 radical (unpaired) electrons. The van der Waals surface area contributed by atoms with Crippen molar-refractivity contribution in [2.45, 2.75) is 13.0 Å². The first-order chi connectivity index (χ1) is 7.47. The Morgan fingerprint density at radius 2 is 2.25 bits per heavy atom. The predicted octanol–water partition coefficient (Wildman–Crippen LogP) is 1.55. The van der Waals surface area contributed by atoms with Crippen LogP contribution in [0.15, 0.2) is 18.2 Å². The van der Waals surface area contributed by atoms with Gasteiger partial charge in [0.05, 0.1) is 11.5 Å². The van der Waals surface area contributed by atoms with Crippen molar-refractivity contribution < 1.29 is 14.4 Å². The summed E-state index contributed by atoms with van der Waals surface area (Å²) in [5, 5.41) is 19.7. The van der Waals surface area contributed by atoms with Crippen LogP contribution in [0.1, 0.15) is 6.92 Å². The summed E-state index contributed by atoms with van der Waals surface area (Å²) in [5.41, 5.74) is -0.0178. The van der Waals surface area contributed by atoms with Crippen LogP contribution in [-0.2, 0) is 0 Å². The zero-order valence-corrected chi connectivity index (χ0v) is 9.05. The van der Waals surface area contributed by atoms with E-state index >= 15 is 0 Å². The zero-order chi connectivity index (χ0) is 12.3. The fourth-order valence-electron chi connectivity index (χ4n) is 1.29. The SMILES string of the molecule is CC(CO)N(C)c1cc(F)ccc1[N+](=O)[O-]. The van der Waals surface area contributed by atoms with Gasteiger partial charge in [0.25, 0.3) is 5.69 Å². The third-order valence-corrected chi connectivity index (χ3v) is 2.44. The highest BCUT2D eigenvalue weighted by Crippen LogP contribution is 2.29. The van der Waals surface area contributed by atoms with Gasteiger partial charge in [0.2, 0.25) is 0 Å². The van der Waals surface area contributed by atoms with Gasteiger partial charge in [-0.15, -0.1) is 0 Å². The molecule has 0 aliphatic carbocycles. The molecule has 5 nitrogen and oxygen atoms in total. The molecule has 1 rings (SSSR count). The Hall–Kier alpha value is -1.69. The first-order valence-corrected chi connectivity index (χ1v) is 4.75. The lowest BCUT2D eigenvalue weighted by molar-refractivity contribution is -0.384. The van der Waals surface area contributed by atoms with Gasteiger partial charge in [-0.25, -0.2) is 4.39 Å². The largest absolute Gasteiger partial charge is 0.394 e. The van der Waals surface area contributed by atoms with E-state index in [1.807, 2.05) is 0 Å². The maximum absolute atomic E-state index is 13.0. The van der Waals surface area contributed by atoms with E-state index in [2.05, 4.69) is 0 Å². The van der Waals surface area contributed by atoms with Gasteiger partial charge in [-0.1, -0.05) is 0 Å². The number of halogens is 1. The van der Waals surface area contributed by atoms with E-state index in [4.69, 9.17) is 5.11 Å². The van der Waals surface area contributed by atoms with E-state index in [1.165, 1.54) is 4.90 Å². The summed E-state index contributed by atoms with van der Waals surface area (Å²) in [6.45, 7) is 1.53. The average molecular weight is 228 g/mol. The minimum absolute atomic E-state index is 0.159. The standard InChI is InChI=1S/C10H13FN2O3/c1-7(6-14)12(2)10-5-8(11)3-4-9(10)13(15)16/h3-5,7,14H,6H2,1-2H3. The number of benzene rings is 1. The van der Waals surface area contributed by atoms with E-state index in [-0.39, 0.29) is 24.0 Å². The summed E-state index contributed by atoms with van der Waals surface area (Å²) in [6, 6.07) is 2.93. The van der Waals surface area contributed by atoms with Gasteiger partial charge in [-0.3, -0.25) is 10.1 Å². The average Bonchev–Trinajstić information content (AvgIpc) is 2.26. The van der Waals surface area contributed by atoms with Crippen LogP contribution in [0.25, 0.3) is 0 Å². The molecule has 0 heterocycles. The third-order valence-electron chi connectivity index (χ3n) is 2.44. The van der Waals surface area contributed by atoms with Crippen molar-refractivity contribution in [1.82, 2.24) is 0 Å². The molecule has 1 N–H and O–H groups in total. The van der Waals surface area contributed by atoms with Crippen LogP contribution >= 0.6 is 0 Å². The fourth-order valence-corrected chi connectivity index (χ4v) is 1.29. The number of likely N-dealkylation sites (N-methyl/N-ethyl adjacent to an activating group) is 1. The normalized spacial score (nSPS) is 12.2. The number of anilines is 1. The van der Waals surface area contributed by atoms with E-state index in [1.54, 1.807) is 14.0 Å².